The van der Waals surface area contributed by atoms with Crippen LogP contribution in [0.15, 0.2) is 17.4 Å². The third-order valence-electron chi connectivity index (χ3n) is 4.25. The number of hydrogen-bond donors (Lipinski definition) is 0. The van der Waals surface area contributed by atoms with Gasteiger partial charge in [0, 0.05) is 39.7 Å². The summed E-state index contributed by atoms with van der Waals surface area (Å²) in [5, 5.41) is 4.07. The van der Waals surface area contributed by atoms with E-state index in [2.05, 4.69) is 17.0 Å². The Morgan fingerprint density at radius 2 is 2.08 bits per heavy atom. The van der Waals surface area contributed by atoms with Crippen LogP contribution in [0.1, 0.15) is 55.8 Å². The van der Waals surface area contributed by atoms with Crippen molar-refractivity contribution in [2.45, 2.75) is 45.4 Å². The van der Waals surface area contributed by atoms with Crippen molar-refractivity contribution in [2.24, 2.45) is 12.0 Å². The molecule has 1 aromatic heterocycles. The monoisotopic (exact) mass is 333 g/mol. The summed E-state index contributed by atoms with van der Waals surface area (Å²) in [6.07, 6.45) is 8.15. The SMILES string of the molecule is CCCC/C1=N/CN(C(=O)c2cnn(C)c2)CCCCC(=O)N1C. The largest absolute Gasteiger partial charge is 0.319 e. The second-order valence-electron chi connectivity index (χ2n) is 6.20. The molecule has 0 saturated carbocycles. The highest BCUT2D eigenvalue weighted by molar-refractivity contribution is 5.98. The molecule has 7 nitrogen and oxygen atoms in total. The molecule has 1 aromatic rings. The quantitative estimate of drug-likeness (QED) is 0.846. The van der Waals surface area contributed by atoms with E-state index >= 15 is 0 Å². The van der Waals surface area contributed by atoms with Crippen LogP contribution >= 0.6 is 0 Å². The van der Waals surface area contributed by atoms with Crippen molar-refractivity contribution in [1.82, 2.24) is 19.6 Å². The van der Waals surface area contributed by atoms with Crippen LogP contribution in [-0.4, -0.2) is 57.5 Å². The van der Waals surface area contributed by atoms with E-state index in [4.69, 9.17) is 0 Å². The van der Waals surface area contributed by atoms with Crippen molar-refractivity contribution in [1.29, 1.82) is 0 Å². The number of carbonyl (C=O) groups is 2. The third kappa shape index (κ3) is 4.66. The Morgan fingerprint density at radius 3 is 2.75 bits per heavy atom. The van der Waals surface area contributed by atoms with Gasteiger partial charge in [-0.3, -0.25) is 19.3 Å². The van der Waals surface area contributed by atoms with Gasteiger partial charge in [0.15, 0.2) is 0 Å². The van der Waals surface area contributed by atoms with Gasteiger partial charge in [0.1, 0.15) is 12.5 Å². The lowest BCUT2D eigenvalue weighted by atomic mass is 10.1. The number of amides is 2. The molecule has 0 atom stereocenters. The molecule has 0 spiro atoms. The minimum atomic E-state index is -0.0590. The number of hydrogen-bond acceptors (Lipinski definition) is 4. The van der Waals surface area contributed by atoms with Crippen molar-refractivity contribution in [3.8, 4) is 0 Å². The first kappa shape index (κ1) is 18.2. The molecule has 2 amide bonds. The summed E-state index contributed by atoms with van der Waals surface area (Å²) < 4.78 is 1.62. The number of aryl methyl sites for hydroxylation is 1. The molecule has 1 aliphatic heterocycles. The molecule has 0 aromatic carbocycles. The second-order valence-corrected chi connectivity index (χ2v) is 6.20. The highest BCUT2D eigenvalue weighted by Crippen LogP contribution is 2.12. The minimum Gasteiger partial charge on any atom is -0.319 e. The maximum absolute atomic E-state index is 12.7. The fraction of sp³-hybridized carbons (Fsp3) is 0.647. The van der Waals surface area contributed by atoms with Crippen molar-refractivity contribution in [2.75, 3.05) is 20.3 Å². The van der Waals surface area contributed by atoms with E-state index < -0.39 is 0 Å². The van der Waals surface area contributed by atoms with Crippen LogP contribution < -0.4 is 0 Å². The van der Waals surface area contributed by atoms with Crippen molar-refractivity contribution in [3.63, 3.8) is 0 Å². The molecule has 2 rings (SSSR count). The molecular weight excluding hydrogens is 306 g/mol. The van der Waals surface area contributed by atoms with Gasteiger partial charge in [-0.25, -0.2) is 0 Å². The number of aromatic nitrogens is 2. The van der Waals surface area contributed by atoms with Gasteiger partial charge in [0.25, 0.3) is 5.91 Å². The maximum atomic E-state index is 12.7. The number of amidine groups is 1. The zero-order valence-corrected chi connectivity index (χ0v) is 14.9. The van der Waals surface area contributed by atoms with Gasteiger partial charge < -0.3 is 9.80 Å². The van der Waals surface area contributed by atoms with E-state index in [9.17, 15) is 9.59 Å². The maximum Gasteiger partial charge on any atom is 0.258 e. The Morgan fingerprint density at radius 1 is 1.29 bits per heavy atom. The summed E-state index contributed by atoms with van der Waals surface area (Å²) in [5.41, 5.74) is 0.573. The van der Waals surface area contributed by atoms with Gasteiger partial charge in [-0.05, 0) is 19.3 Å². The summed E-state index contributed by atoms with van der Waals surface area (Å²) in [7, 11) is 3.58. The topological polar surface area (TPSA) is 70.8 Å². The average Bonchev–Trinajstić information content (AvgIpc) is 3.01. The van der Waals surface area contributed by atoms with E-state index in [-0.39, 0.29) is 18.5 Å². The van der Waals surface area contributed by atoms with Crippen LogP contribution in [0, 0.1) is 0 Å². The Hall–Kier alpha value is -2.18. The fourth-order valence-corrected chi connectivity index (χ4v) is 2.70. The van der Waals surface area contributed by atoms with Gasteiger partial charge in [-0.15, -0.1) is 0 Å². The molecule has 0 N–H and O–H groups in total. The van der Waals surface area contributed by atoms with Crippen LogP contribution in [0.2, 0.25) is 0 Å². The predicted octanol–water partition coefficient (Wildman–Crippen LogP) is 2.05. The van der Waals surface area contributed by atoms with Gasteiger partial charge in [0.05, 0.1) is 11.8 Å². The summed E-state index contributed by atoms with van der Waals surface area (Å²) >= 11 is 0. The molecule has 0 fully saturated rings. The number of unbranched alkanes of at least 4 members (excludes halogenated alkanes) is 1. The predicted molar refractivity (Wildman–Crippen MR) is 92.7 cm³/mol. The highest BCUT2D eigenvalue weighted by Gasteiger charge is 2.20. The summed E-state index contributed by atoms with van der Waals surface area (Å²) in [6, 6.07) is 0. The van der Waals surface area contributed by atoms with Gasteiger partial charge >= 0.3 is 0 Å². The van der Waals surface area contributed by atoms with E-state index in [1.54, 1.807) is 41.0 Å². The molecule has 0 bridgehead atoms. The van der Waals surface area contributed by atoms with E-state index in [1.807, 2.05) is 0 Å². The number of aliphatic imine (C=N–C) groups is 1. The van der Waals surface area contributed by atoms with Gasteiger partial charge in [0.2, 0.25) is 5.91 Å². The van der Waals surface area contributed by atoms with Crippen LogP contribution in [0.4, 0.5) is 0 Å². The number of nitrogens with zero attached hydrogens (tertiary/aromatic N) is 5. The molecule has 0 unspecified atom stereocenters. The van der Waals surface area contributed by atoms with Crippen LogP contribution in [0.25, 0.3) is 0 Å². The normalized spacial score (nSPS) is 19.1. The Labute approximate surface area is 143 Å². The zero-order valence-electron chi connectivity index (χ0n) is 14.9. The summed E-state index contributed by atoms with van der Waals surface area (Å²) in [4.78, 5) is 32.9. The zero-order chi connectivity index (χ0) is 17.5. The summed E-state index contributed by atoms with van der Waals surface area (Å²) in [5.74, 6) is 0.820. The van der Waals surface area contributed by atoms with Gasteiger partial charge in [-0.2, -0.15) is 5.10 Å². The van der Waals surface area contributed by atoms with E-state index in [0.29, 0.717) is 18.5 Å². The minimum absolute atomic E-state index is 0.0590. The molecule has 2 heterocycles. The van der Waals surface area contributed by atoms with E-state index in [1.165, 1.54) is 0 Å². The Bertz CT molecular complexity index is 608. The number of carbonyl (C=O) groups excluding carboxylic acids is 2. The first-order valence-corrected chi connectivity index (χ1v) is 8.60. The van der Waals surface area contributed by atoms with Gasteiger partial charge in [-0.1, -0.05) is 13.3 Å². The first-order valence-electron chi connectivity index (χ1n) is 8.60. The molecule has 0 aliphatic carbocycles. The van der Waals surface area contributed by atoms with Crippen molar-refractivity contribution < 1.29 is 9.59 Å². The van der Waals surface area contributed by atoms with Crippen LogP contribution in [-0.2, 0) is 11.8 Å². The standard InChI is InChI=1S/C17H27N5O2/c1-4-5-8-15-18-13-22(10-7-6-9-16(23)21(15)3)17(24)14-11-19-20(2)12-14/h11-12H,4-10,13H2,1-3H3/b18-15-. The molecule has 24 heavy (non-hydrogen) atoms. The molecule has 7 heteroatoms. The second kappa shape index (κ2) is 8.61. The average molecular weight is 333 g/mol. The van der Waals surface area contributed by atoms with Crippen molar-refractivity contribution >= 4 is 17.6 Å². The highest BCUT2D eigenvalue weighted by atomic mass is 16.2. The summed E-state index contributed by atoms with van der Waals surface area (Å²) in [6.45, 7) is 3.00. The third-order valence-corrected chi connectivity index (χ3v) is 4.25. The van der Waals surface area contributed by atoms with Crippen LogP contribution in [0.3, 0.4) is 0 Å². The smallest absolute Gasteiger partial charge is 0.258 e. The van der Waals surface area contributed by atoms with Crippen LogP contribution in [0.5, 0.6) is 0 Å². The lowest BCUT2D eigenvalue weighted by molar-refractivity contribution is -0.126. The lowest BCUT2D eigenvalue weighted by Crippen LogP contribution is -2.38. The molecule has 0 radical (unpaired) electrons. The molecular formula is C17H27N5O2. The van der Waals surface area contributed by atoms with E-state index in [0.717, 1.165) is 37.9 Å². The molecule has 132 valence electrons. The molecule has 1 aliphatic rings. The first-order chi connectivity index (χ1) is 11.5. The Kier molecular flexibility index (Phi) is 6.52. The number of rotatable bonds is 4. The fourth-order valence-electron chi connectivity index (χ4n) is 2.70. The lowest BCUT2D eigenvalue weighted by Gasteiger charge is -2.25. The van der Waals surface area contributed by atoms with Crippen molar-refractivity contribution in [3.05, 3.63) is 18.0 Å². The Balaban J connectivity index is 2.18. The molecule has 0 saturated heterocycles.